The van der Waals surface area contributed by atoms with Crippen molar-refractivity contribution in [1.29, 1.82) is 0 Å². The summed E-state index contributed by atoms with van der Waals surface area (Å²) in [5.41, 5.74) is -0.755. The average Bonchev–Trinajstić information content (AvgIpc) is 2.67. The maximum absolute atomic E-state index is 13.3. The third-order valence-electron chi connectivity index (χ3n) is 5.21. The Morgan fingerprint density at radius 2 is 1.48 bits per heavy atom. The molecule has 0 aromatic heterocycles. The first kappa shape index (κ1) is 30.6. The average molecular weight is 470 g/mol. The van der Waals surface area contributed by atoms with Crippen molar-refractivity contribution < 1.29 is 33.4 Å². The van der Waals surface area contributed by atoms with Crippen LogP contribution in [-0.2, 0) is 33.4 Å². The molecule has 0 fully saturated rings. The van der Waals surface area contributed by atoms with E-state index in [9.17, 15) is 19.2 Å². The molecule has 1 amide bonds. The van der Waals surface area contributed by atoms with Crippen molar-refractivity contribution in [2.45, 2.75) is 86.5 Å². The summed E-state index contributed by atoms with van der Waals surface area (Å²) in [6, 6.07) is -1.00. The smallest absolute Gasteiger partial charge is 0.348 e. The van der Waals surface area contributed by atoms with Crippen LogP contribution in [0, 0.1) is 23.7 Å². The van der Waals surface area contributed by atoms with Crippen LogP contribution in [0.5, 0.6) is 0 Å². The van der Waals surface area contributed by atoms with Crippen molar-refractivity contribution >= 4 is 23.8 Å². The van der Waals surface area contributed by atoms with E-state index in [0.717, 1.165) is 0 Å². The molecule has 0 aliphatic carbocycles. The zero-order chi connectivity index (χ0) is 26.1. The van der Waals surface area contributed by atoms with E-state index in [0.29, 0.717) is 6.42 Å². The van der Waals surface area contributed by atoms with Gasteiger partial charge in [0.1, 0.15) is 24.2 Å². The molecule has 33 heavy (non-hydrogen) atoms. The Kier molecular flexibility index (Phi) is 12.4. The Labute approximate surface area is 199 Å². The molecule has 0 spiro atoms. The molecular weight excluding hydrogens is 426 g/mol. The predicted molar refractivity (Wildman–Crippen MR) is 126 cm³/mol. The molecule has 0 aromatic rings. The van der Waals surface area contributed by atoms with E-state index in [-0.39, 0.29) is 24.4 Å². The Morgan fingerprint density at radius 1 is 0.939 bits per heavy atom. The molecule has 190 valence electrons. The third kappa shape index (κ3) is 9.56. The Balaban J connectivity index is 5.84. The van der Waals surface area contributed by atoms with E-state index >= 15 is 0 Å². The number of nitrogens with zero attached hydrogens (tertiary/aromatic N) is 1. The second kappa shape index (κ2) is 13.4. The monoisotopic (exact) mass is 469 g/mol. The number of hydrogen-bond acceptors (Lipinski definition) is 7. The van der Waals surface area contributed by atoms with Gasteiger partial charge in [0.25, 0.3) is 0 Å². The van der Waals surface area contributed by atoms with E-state index in [1.807, 2.05) is 6.92 Å². The first-order valence-corrected chi connectivity index (χ1v) is 11.6. The minimum atomic E-state index is -1.11. The molecule has 0 saturated heterocycles. The largest absolute Gasteiger partial charge is 0.459 e. The summed E-state index contributed by atoms with van der Waals surface area (Å²) in [6.07, 6.45) is 0.898. The molecule has 0 aliphatic heterocycles. The van der Waals surface area contributed by atoms with Gasteiger partial charge in [-0.3, -0.25) is 9.59 Å². The number of carbonyl (C=O) groups excluding carboxylic acids is 4. The first-order chi connectivity index (χ1) is 15.1. The third-order valence-corrected chi connectivity index (χ3v) is 5.21. The second-order valence-corrected chi connectivity index (χ2v) is 10.1. The van der Waals surface area contributed by atoms with Gasteiger partial charge in [-0.2, -0.15) is 0 Å². The Bertz CT molecular complexity index is 693. The van der Waals surface area contributed by atoms with Gasteiger partial charge in [-0.1, -0.05) is 54.2 Å². The van der Waals surface area contributed by atoms with Crippen molar-refractivity contribution in [2.24, 2.45) is 23.7 Å². The van der Waals surface area contributed by atoms with E-state index in [1.165, 1.54) is 18.0 Å². The highest BCUT2D eigenvalue weighted by atomic mass is 16.6. The van der Waals surface area contributed by atoms with Crippen LogP contribution in [0.2, 0.25) is 0 Å². The highest BCUT2D eigenvalue weighted by Crippen LogP contribution is 2.24. The van der Waals surface area contributed by atoms with Crippen LogP contribution < -0.4 is 0 Å². The van der Waals surface area contributed by atoms with E-state index in [4.69, 9.17) is 14.2 Å². The van der Waals surface area contributed by atoms with Crippen LogP contribution in [-0.4, -0.2) is 60.1 Å². The summed E-state index contributed by atoms with van der Waals surface area (Å²) in [5, 5.41) is 0. The summed E-state index contributed by atoms with van der Waals surface area (Å²) < 4.78 is 16.1. The van der Waals surface area contributed by atoms with Crippen molar-refractivity contribution in [1.82, 2.24) is 4.90 Å². The fourth-order valence-corrected chi connectivity index (χ4v) is 3.29. The highest BCUT2D eigenvalue weighted by Gasteiger charge is 2.42. The van der Waals surface area contributed by atoms with E-state index < -0.39 is 47.5 Å². The standard InChI is InChI=1S/C25H43NO7/c1-12-14-31-24(30)20(17(7)13-2)32-23(29)19(16(5)6)26(11)21(27)18(15(3)4)22(28)33-25(8,9)10/h12,15-20H,1,13-14H2,2-11H3. The maximum atomic E-state index is 13.3. The lowest BCUT2D eigenvalue weighted by Crippen LogP contribution is -2.52. The quantitative estimate of drug-likeness (QED) is 0.186. The molecule has 0 aliphatic rings. The van der Waals surface area contributed by atoms with E-state index in [1.54, 1.807) is 55.4 Å². The predicted octanol–water partition coefficient (Wildman–Crippen LogP) is 3.77. The molecule has 8 nitrogen and oxygen atoms in total. The molecule has 4 atom stereocenters. The number of esters is 3. The van der Waals surface area contributed by atoms with Gasteiger partial charge in [-0.15, -0.1) is 0 Å². The normalized spacial score (nSPS) is 15.3. The first-order valence-electron chi connectivity index (χ1n) is 11.6. The molecule has 4 unspecified atom stereocenters. The second-order valence-electron chi connectivity index (χ2n) is 10.1. The molecule has 0 saturated carbocycles. The van der Waals surface area contributed by atoms with Crippen molar-refractivity contribution in [3.05, 3.63) is 12.7 Å². The lowest BCUT2D eigenvalue weighted by molar-refractivity contribution is -0.178. The van der Waals surface area contributed by atoms with Gasteiger partial charge < -0.3 is 19.1 Å². The zero-order valence-electron chi connectivity index (χ0n) is 22.0. The lowest BCUT2D eigenvalue weighted by Gasteiger charge is -2.34. The fourth-order valence-electron chi connectivity index (χ4n) is 3.29. The molecule has 0 rings (SSSR count). The summed E-state index contributed by atoms with van der Waals surface area (Å²) in [4.78, 5) is 52.9. The topological polar surface area (TPSA) is 99.2 Å². The van der Waals surface area contributed by atoms with Crippen molar-refractivity contribution in [3.8, 4) is 0 Å². The molecular formula is C25H43NO7. The number of rotatable bonds is 12. The Morgan fingerprint density at radius 3 is 1.88 bits per heavy atom. The molecule has 0 radical (unpaired) electrons. The Hall–Kier alpha value is -2.38. The van der Waals surface area contributed by atoms with Crippen LogP contribution in [0.4, 0.5) is 0 Å². The van der Waals surface area contributed by atoms with Crippen LogP contribution >= 0.6 is 0 Å². The van der Waals surface area contributed by atoms with Crippen LogP contribution in [0.3, 0.4) is 0 Å². The molecule has 8 heteroatoms. The lowest BCUT2D eigenvalue weighted by atomic mass is 9.92. The van der Waals surface area contributed by atoms with E-state index in [2.05, 4.69) is 6.58 Å². The van der Waals surface area contributed by atoms with Gasteiger partial charge in [-0.25, -0.2) is 9.59 Å². The molecule has 0 heterocycles. The van der Waals surface area contributed by atoms with Crippen molar-refractivity contribution in [2.75, 3.05) is 13.7 Å². The number of ether oxygens (including phenoxy) is 3. The number of amides is 1. The van der Waals surface area contributed by atoms with Gasteiger partial charge in [0.15, 0.2) is 0 Å². The fraction of sp³-hybridized carbons (Fsp3) is 0.760. The van der Waals surface area contributed by atoms with Crippen molar-refractivity contribution in [3.63, 3.8) is 0 Å². The summed E-state index contributed by atoms with van der Waals surface area (Å²) in [5.74, 6) is -4.62. The van der Waals surface area contributed by atoms with Gasteiger partial charge in [0.2, 0.25) is 12.0 Å². The SMILES string of the molecule is C=CCOC(=O)C(OC(=O)C(C(C)C)N(C)C(=O)C(C(=O)OC(C)(C)C)C(C)C)C(C)CC. The van der Waals surface area contributed by atoms with Gasteiger partial charge in [-0.05, 0) is 39.0 Å². The summed E-state index contributed by atoms with van der Waals surface area (Å²) in [6.45, 7) is 19.4. The molecule has 0 aromatic carbocycles. The summed E-state index contributed by atoms with van der Waals surface area (Å²) in [7, 11) is 1.46. The maximum Gasteiger partial charge on any atom is 0.348 e. The van der Waals surface area contributed by atoms with Gasteiger partial charge in [0, 0.05) is 13.0 Å². The number of carbonyl (C=O) groups is 4. The molecule has 0 N–H and O–H groups in total. The summed E-state index contributed by atoms with van der Waals surface area (Å²) >= 11 is 0. The molecule has 0 bridgehead atoms. The number of hydrogen-bond donors (Lipinski definition) is 0. The number of likely N-dealkylation sites (N-methyl/N-ethyl adjacent to an activating group) is 1. The minimum absolute atomic E-state index is 0.00126. The van der Waals surface area contributed by atoms with Crippen LogP contribution in [0.1, 0.15) is 68.7 Å². The highest BCUT2D eigenvalue weighted by molar-refractivity contribution is 5.99. The van der Waals surface area contributed by atoms with Crippen LogP contribution in [0.15, 0.2) is 12.7 Å². The zero-order valence-corrected chi connectivity index (χ0v) is 22.0. The van der Waals surface area contributed by atoms with Gasteiger partial charge in [0.05, 0.1) is 0 Å². The van der Waals surface area contributed by atoms with Crippen LogP contribution in [0.25, 0.3) is 0 Å². The van der Waals surface area contributed by atoms with Gasteiger partial charge >= 0.3 is 17.9 Å². The minimum Gasteiger partial charge on any atom is -0.459 e.